The molecule has 0 bridgehead atoms. The molecular weight excluding hydrogens is 450 g/mol. The first-order valence-corrected chi connectivity index (χ1v) is 13.2. The summed E-state index contributed by atoms with van der Waals surface area (Å²) < 4.78 is 5.70. The van der Waals surface area contributed by atoms with Crippen molar-refractivity contribution in [2.24, 2.45) is 17.3 Å². The average molecular weight is 492 g/mol. The van der Waals surface area contributed by atoms with E-state index < -0.39 is 35.6 Å². The number of Topliss-reactive ketones (excluding diaryl/α,β-unsaturated/α-hetero) is 1. The second kappa shape index (κ2) is 12.8. The van der Waals surface area contributed by atoms with Gasteiger partial charge in [-0.15, -0.1) is 11.3 Å². The van der Waals surface area contributed by atoms with E-state index in [9.17, 15) is 19.8 Å². The molecule has 1 aromatic rings. The summed E-state index contributed by atoms with van der Waals surface area (Å²) in [4.78, 5) is 30.5. The lowest BCUT2D eigenvalue weighted by Crippen LogP contribution is -2.46. The highest BCUT2D eigenvalue weighted by molar-refractivity contribution is 7.09. The largest absolute Gasteiger partial charge is 0.458 e. The Balaban J connectivity index is 2.29. The van der Waals surface area contributed by atoms with E-state index in [1.165, 1.54) is 5.57 Å². The number of ether oxygens (including phenoxy) is 1. The monoisotopic (exact) mass is 491 g/mol. The van der Waals surface area contributed by atoms with Gasteiger partial charge < -0.3 is 14.9 Å². The molecule has 0 aliphatic carbocycles. The Hall–Kier alpha value is -1.83. The Labute approximate surface area is 208 Å². The smallest absolute Gasteiger partial charge is 0.309 e. The Morgan fingerprint density at radius 3 is 2.59 bits per heavy atom. The van der Waals surface area contributed by atoms with Crippen LogP contribution in [0.25, 0.3) is 6.08 Å². The summed E-state index contributed by atoms with van der Waals surface area (Å²) in [5.74, 6) is -1.40. The molecule has 0 saturated heterocycles. The summed E-state index contributed by atoms with van der Waals surface area (Å²) in [7, 11) is 0. The number of thiazole rings is 1. The number of carbonyl (C=O) groups excluding carboxylic acids is 2. The minimum Gasteiger partial charge on any atom is -0.458 e. The van der Waals surface area contributed by atoms with Gasteiger partial charge in [0, 0.05) is 17.7 Å². The standard InChI is InChI=1S/C27H41NO5S/c1-7-22-25(31)18(3)10-8-9-17(2)11-13-21(14-12-20-16-34-19(4)28-20)33-24(30)15-23(29)27(5,6)26(22)32/h11-12,14,16,18,21-23,25,29,31H,7-10,13,15H2,1-6H3/b14-12+,17-11-/t18-,21+,22-,23-,25+/m0/s1. The maximum absolute atomic E-state index is 13.3. The van der Waals surface area contributed by atoms with E-state index in [0.717, 1.165) is 30.0 Å². The van der Waals surface area contributed by atoms with Crippen molar-refractivity contribution in [2.45, 2.75) is 98.4 Å². The van der Waals surface area contributed by atoms with Crippen LogP contribution in [0.4, 0.5) is 0 Å². The first-order chi connectivity index (χ1) is 15.9. The zero-order valence-corrected chi connectivity index (χ0v) is 22.2. The highest BCUT2D eigenvalue weighted by atomic mass is 32.1. The SMILES string of the molecule is CC[C@@H]1C(=O)C(C)(C)[C@@H](O)CC(=O)O[C@@H](/C=C/c2csc(C)n2)C/C=C(/C)CCC[C@H](C)[C@H]1O. The number of rotatable bonds is 3. The molecule has 190 valence electrons. The van der Waals surface area contributed by atoms with Crippen LogP contribution >= 0.6 is 11.3 Å². The van der Waals surface area contributed by atoms with E-state index >= 15 is 0 Å². The molecule has 0 unspecified atom stereocenters. The lowest BCUT2D eigenvalue weighted by Gasteiger charge is -2.35. The number of nitrogens with zero attached hydrogens (tertiary/aromatic N) is 1. The zero-order valence-electron chi connectivity index (χ0n) is 21.4. The van der Waals surface area contributed by atoms with Gasteiger partial charge in [-0.25, -0.2) is 4.98 Å². The predicted molar refractivity (Wildman–Crippen MR) is 136 cm³/mol. The molecule has 0 saturated carbocycles. The van der Waals surface area contributed by atoms with Crippen molar-refractivity contribution in [3.05, 3.63) is 33.8 Å². The van der Waals surface area contributed by atoms with E-state index in [0.29, 0.717) is 12.8 Å². The fraction of sp³-hybridized carbons (Fsp3) is 0.667. The number of cyclic esters (lactones) is 1. The van der Waals surface area contributed by atoms with E-state index in [1.54, 1.807) is 25.2 Å². The molecular formula is C27H41NO5S. The summed E-state index contributed by atoms with van der Waals surface area (Å²) in [5, 5.41) is 24.7. The number of ketones is 1. The number of aromatic nitrogens is 1. The molecule has 1 aliphatic heterocycles. The van der Waals surface area contributed by atoms with E-state index in [1.807, 2.05) is 38.3 Å². The molecule has 1 aliphatic rings. The van der Waals surface area contributed by atoms with Crippen molar-refractivity contribution in [2.75, 3.05) is 0 Å². The first-order valence-electron chi connectivity index (χ1n) is 12.3. The molecule has 6 nitrogen and oxygen atoms in total. The normalized spacial score (nSPS) is 31.8. The summed E-state index contributed by atoms with van der Waals surface area (Å²) in [6, 6.07) is 0. The van der Waals surface area contributed by atoms with Crippen molar-refractivity contribution < 1.29 is 24.5 Å². The number of aliphatic hydroxyl groups is 2. The third kappa shape index (κ3) is 7.85. The molecule has 0 spiro atoms. The van der Waals surface area contributed by atoms with Gasteiger partial charge in [0.2, 0.25) is 0 Å². The summed E-state index contributed by atoms with van der Waals surface area (Å²) >= 11 is 1.56. The minimum absolute atomic E-state index is 0.0373. The number of esters is 1. The molecule has 0 amide bonds. The van der Waals surface area contributed by atoms with Crippen LogP contribution in [-0.4, -0.2) is 45.3 Å². The van der Waals surface area contributed by atoms with Crippen molar-refractivity contribution in [3.63, 3.8) is 0 Å². The summed E-state index contributed by atoms with van der Waals surface area (Å²) in [6.07, 6.45) is 6.57. The lowest BCUT2D eigenvalue weighted by atomic mass is 9.71. The molecule has 1 aromatic heterocycles. The topological polar surface area (TPSA) is 96.7 Å². The molecule has 5 atom stereocenters. The molecule has 2 rings (SSSR count). The van der Waals surface area contributed by atoms with Crippen LogP contribution in [0, 0.1) is 24.2 Å². The Bertz CT molecular complexity index is 887. The van der Waals surface area contributed by atoms with Crippen LogP contribution in [-0.2, 0) is 14.3 Å². The Morgan fingerprint density at radius 2 is 1.97 bits per heavy atom. The van der Waals surface area contributed by atoms with Crippen LogP contribution in [0.2, 0.25) is 0 Å². The number of allylic oxidation sites excluding steroid dienone is 1. The van der Waals surface area contributed by atoms with Crippen molar-refractivity contribution in [1.82, 2.24) is 4.98 Å². The molecule has 0 aromatic carbocycles. The average Bonchev–Trinajstić information content (AvgIpc) is 3.20. The van der Waals surface area contributed by atoms with Crippen molar-refractivity contribution >= 4 is 29.2 Å². The van der Waals surface area contributed by atoms with Gasteiger partial charge in [-0.2, -0.15) is 0 Å². The highest BCUT2D eigenvalue weighted by Gasteiger charge is 2.43. The van der Waals surface area contributed by atoms with Gasteiger partial charge in [0.25, 0.3) is 0 Å². The van der Waals surface area contributed by atoms with Crippen LogP contribution in [0.3, 0.4) is 0 Å². The van der Waals surface area contributed by atoms with Crippen LogP contribution in [0.5, 0.6) is 0 Å². The molecule has 34 heavy (non-hydrogen) atoms. The quantitative estimate of drug-likeness (QED) is 0.442. The van der Waals surface area contributed by atoms with Crippen molar-refractivity contribution in [1.29, 1.82) is 0 Å². The maximum atomic E-state index is 13.3. The van der Waals surface area contributed by atoms with Crippen LogP contribution in [0.1, 0.15) is 83.8 Å². The Kier molecular flexibility index (Phi) is 10.7. The van der Waals surface area contributed by atoms with E-state index in [-0.39, 0.29) is 18.1 Å². The number of hydrogen-bond donors (Lipinski definition) is 2. The minimum atomic E-state index is -1.21. The van der Waals surface area contributed by atoms with E-state index in [2.05, 4.69) is 18.0 Å². The second-order valence-electron chi connectivity index (χ2n) is 10.1. The third-order valence-corrected chi connectivity index (χ3v) is 7.72. The van der Waals surface area contributed by atoms with Gasteiger partial charge >= 0.3 is 5.97 Å². The fourth-order valence-corrected chi connectivity index (χ4v) is 4.95. The summed E-state index contributed by atoms with van der Waals surface area (Å²) in [6.45, 7) is 11.1. The highest BCUT2D eigenvalue weighted by Crippen LogP contribution is 2.33. The molecule has 2 N–H and O–H groups in total. The van der Waals surface area contributed by atoms with Gasteiger partial charge in [0.05, 0.1) is 34.7 Å². The molecule has 7 heteroatoms. The number of aryl methyl sites for hydroxylation is 1. The van der Waals surface area contributed by atoms with E-state index in [4.69, 9.17) is 4.74 Å². The predicted octanol–water partition coefficient (Wildman–Crippen LogP) is 5.27. The molecule has 2 heterocycles. The molecule has 0 radical (unpaired) electrons. The number of aliphatic hydroxyl groups excluding tert-OH is 2. The van der Waals surface area contributed by atoms with Gasteiger partial charge in [0.1, 0.15) is 11.9 Å². The fourth-order valence-electron chi connectivity index (χ4n) is 4.37. The Morgan fingerprint density at radius 1 is 1.26 bits per heavy atom. The van der Waals surface area contributed by atoms with Crippen molar-refractivity contribution in [3.8, 4) is 0 Å². The zero-order chi connectivity index (χ0) is 25.5. The summed E-state index contributed by atoms with van der Waals surface area (Å²) in [5.41, 5.74) is 0.825. The van der Waals surface area contributed by atoms with Gasteiger partial charge in [0.15, 0.2) is 0 Å². The van der Waals surface area contributed by atoms with Gasteiger partial charge in [-0.3, -0.25) is 9.59 Å². The van der Waals surface area contributed by atoms with Gasteiger partial charge in [-0.1, -0.05) is 39.3 Å². The third-order valence-electron chi connectivity index (χ3n) is 6.93. The maximum Gasteiger partial charge on any atom is 0.309 e. The number of carbonyl (C=O) groups is 2. The second-order valence-corrected chi connectivity index (χ2v) is 11.2. The number of hydrogen-bond acceptors (Lipinski definition) is 7. The van der Waals surface area contributed by atoms with Crippen LogP contribution < -0.4 is 0 Å². The lowest BCUT2D eigenvalue weighted by molar-refractivity contribution is -0.154. The molecule has 0 fully saturated rings. The first kappa shape index (κ1) is 28.4. The van der Waals surface area contributed by atoms with Crippen LogP contribution in [0.15, 0.2) is 23.1 Å². The van der Waals surface area contributed by atoms with Gasteiger partial charge in [-0.05, 0) is 57.6 Å².